The summed E-state index contributed by atoms with van der Waals surface area (Å²) in [5.41, 5.74) is 0.326. The van der Waals surface area contributed by atoms with Gasteiger partial charge >= 0.3 is 0 Å². The van der Waals surface area contributed by atoms with Gasteiger partial charge in [-0.3, -0.25) is 0 Å². The Bertz CT molecular complexity index is 576. The number of aryl methyl sites for hydroxylation is 2. The van der Waals surface area contributed by atoms with Crippen molar-refractivity contribution in [3.8, 4) is 0 Å². The maximum absolute atomic E-state index is 12.6. The lowest BCUT2D eigenvalue weighted by Gasteiger charge is -2.25. The molecule has 0 aliphatic heterocycles. The van der Waals surface area contributed by atoms with Gasteiger partial charge in [0.05, 0.1) is 6.61 Å². The lowest BCUT2D eigenvalue weighted by atomic mass is 10.1. The number of hydrogen-bond acceptors (Lipinski definition) is 5. The zero-order valence-electron chi connectivity index (χ0n) is 13.6. The molecule has 1 aromatic heterocycles. The molecule has 0 aromatic carbocycles. The molecule has 1 rings (SSSR count). The second-order valence-electron chi connectivity index (χ2n) is 5.91. The highest BCUT2D eigenvalue weighted by Crippen LogP contribution is 2.27. The van der Waals surface area contributed by atoms with Crippen molar-refractivity contribution in [1.29, 1.82) is 0 Å². The first-order valence-electron chi connectivity index (χ1n) is 6.97. The summed E-state index contributed by atoms with van der Waals surface area (Å²) in [6, 6.07) is -0.217. The van der Waals surface area contributed by atoms with Crippen molar-refractivity contribution in [1.82, 2.24) is 9.62 Å². The Kier molecular flexibility index (Phi) is 5.98. The van der Waals surface area contributed by atoms with Crippen LogP contribution in [0, 0.1) is 19.8 Å². The molecule has 122 valence electrons. The average molecular weight is 318 g/mol. The van der Waals surface area contributed by atoms with E-state index in [9.17, 15) is 13.5 Å². The first-order chi connectivity index (χ1) is 9.60. The predicted octanol–water partition coefficient (Wildman–Crippen LogP) is 1.25. The lowest BCUT2D eigenvalue weighted by molar-refractivity contribution is 0.276. The Balaban J connectivity index is 3.16. The van der Waals surface area contributed by atoms with Crippen LogP contribution in [0.15, 0.2) is 9.31 Å². The van der Waals surface area contributed by atoms with Gasteiger partial charge in [-0.25, -0.2) is 13.1 Å². The van der Waals surface area contributed by atoms with E-state index >= 15 is 0 Å². The van der Waals surface area contributed by atoms with Gasteiger partial charge in [-0.15, -0.1) is 0 Å². The summed E-state index contributed by atoms with van der Waals surface area (Å²) < 4.78 is 33.4. The van der Waals surface area contributed by atoms with Crippen LogP contribution in [0.25, 0.3) is 0 Å². The molecule has 0 amide bonds. The normalized spacial score (nSPS) is 14.1. The number of rotatable bonds is 7. The third-order valence-corrected chi connectivity index (χ3v) is 5.11. The van der Waals surface area contributed by atoms with Crippen LogP contribution in [-0.4, -0.2) is 45.1 Å². The number of nitrogens with one attached hydrogen (secondary N) is 1. The molecule has 0 spiro atoms. The van der Waals surface area contributed by atoms with Gasteiger partial charge in [0.1, 0.15) is 16.4 Å². The summed E-state index contributed by atoms with van der Waals surface area (Å²) >= 11 is 0. The SMILES string of the molecule is Cc1oc(C)c(S(=O)(=O)NC(CN(C)C)C(C)C)c1CO. The van der Waals surface area contributed by atoms with Crippen LogP contribution in [0.5, 0.6) is 0 Å². The first kappa shape index (κ1) is 18.2. The Morgan fingerprint density at radius 3 is 2.24 bits per heavy atom. The highest BCUT2D eigenvalue weighted by Gasteiger charge is 2.29. The van der Waals surface area contributed by atoms with Crippen molar-refractivity contribution in [2.45, 2.75) is 45.2 Å². The Morgan fingerprint density at radius 1 is 1.24 bits per heavy atom. The van der Waals surface area contributed by atoms with Gasteiger partial charge in [-0.2, -0.15) is 0 Å². The van der Waals surface area contributed by atoms with Crippen LogP contribution in [0.1, 0.15) is 30.9 Å². The Hall–Kier alpha value is -0.890. The molecule has 0 fully saturated rings. The lowest BCUT2D eigenvalue weighted by Crippen LogP contribution is -2.45. The van der Waals surface area contributed by atoms with Gasteiger partial charge < -0.3 is 14.4 Å². The van der Waals surface area contributed by atoms with Crippen LogP contribution < -0.4 is 4.72 Å². The largest absolute Gasteiger partial charge is 0.465 e. The van der Waals surface area contributed by atoms with E-state index in [1.54, 1.807) is 13.8 Å². The molecule has 21 heavy (non-hydrogen) atoms. The minimum Gasteiger partial charge on any atom is -0.465 e. The zero-order chi connectivity index (χ0) is 16.4. The third kappa shape index (κ3) is 4.29. The molecule has 0 bridgehead atoms. The molecule has 7 heteroatoms. The smallest absolute Gasteiger partial charge is 0.244 e. The molecule has 1 aromatic rings. The second-order valence-corrected chi connectivity index (χ2v) is 7.57. The summed E-state index contributed by atoms with van der Waals surface area (Å²) in [7, 11) is 0.0646. The fourth-order valence-electron chi connectivity index (χ4n) is 2.28. The van der Waals surface area contributed by atoms with E-state index < -0.39 is 10.0 Å². The van der Waals surface area contributed by atoms with E-state index in [2.05, 4.69) is 4.72 Å². The van der Waals surface area contributed by atoms with E-state index in [1.807, 2.05) is 32.8 Å². The summed E-state index contributed by atoms with van der Waals surface area (Å²) in [6.45, 7) is 7.42. The van der Waals surface area contributed by atoms with Crippen molar-refractivity contribution >= 4 is 10.0 Å². The monoisotopic (exact) mass is 318 g/mol. The number of aliphatic hydroxyl groups excluding tert-OH is 1. The van der Waals surface area contributed by atoms with E-state index in [4.69, 9.17) is 4.42 Å². The summed E-state index contributed by atoms with van der Waals surface area (Å²) in [4.78, 5) is 2.00. The number of furan rings is 1. The van der Waals surface area contributed by atoms with E-state index in [1.165, 1.54) is 0 Å². The number of sulfonamides is 1. The molecule has 1 atom stereocenters. The maximum atomic E-state index is 12.6. The van der Waals surface area contributed by atoms with Gasteiger partial charge in [-0.1, -0.05) is 13.8 Å². The quantitative estimate of drug-likeness (QED) is 0.791. The van der Waals surface area contributed by atoms with Gasteiger partial charge in [0, 0.05) is 18.2 Å². The minimum absolute atomic E-state index is 0.0620. The van der Waals surface area contributed by atoms with Crippen LogP contribution in [0.3, 0.4) is 0 Å². The highest BCUT2D eigenvalue weighted by atomic mass is 32.2. The molecule has 0 radical (unpaired) electrons. The molecule has 6 nitrogen and oxygen atoms in total. The van der Waals surface area contributed by atoms with Crippen LogP contribution in [0.2, 0.25) is 0 Å². The standard InChI is InChI=1S/C14H26N2O4S/c1-9(2)13(7-16(5)6)15-21(18,19)14-11(4)20-10(3)12(14)8-17/h9,13,15,17H,7-8H2,1-6H3. The van der Waals surface area contributed by atoms with Crippen molar-refractivity contribution < 1.29 is 17.9 Å². The number of nitrogens with zero attached hydrogens (tertiary/aromatic N) is 1. The van der Waals surface area contributed by atoms with E-state index in [0.717, 1.165) is 0 Å². The Labute approximate surface area is 127 Å². The average Bonchev–Trinajstić information content (AvgIpc) is 2.62. The van der Waals surface area contributed by atoms with Crippen molar-refractivity contribution in [2.75, 3.05) is 20.6 Å². The number of likely N-dealkylation sites (N-methyl/N-ethyl adjacent to an activating group) is 1. The van der Waals surface area contributed by atoms with E-state index in [-0.39, 0.29) is 23.5 Å². The summed E-state index contributed by atoms with van der Waals surface area (Å²) in [5, 5.41) is 9.40. The molecular weight excluding hydrogens is 292 g/mol. The van der Waals surface area contributed by atoms with Gasteiger partial charge in [0.2, 0.25) is 10.0 Å². The molecule has 0 saturated heterocycles. The maximum Gasteiger partial charge on any atom is 0.244 e. The molecule has 0 aliphatic carbocycles. The van der Waals surface area contributed by atoms with Gasteiger partial charge in [0.25, 0.3) is 0 Å². The first-order valence-corrected chi connectivity index (χ1v) is 8.45. The van der Waals surface area contributed by atoms with Gasteiger partial charge in [0.15, 0.2) is 0 Å². The van der Waals surface area contributed by atoms with Gasteiger partial charge in [-0.05, 0) is 33.9 Å². The van der Waals surface area contributed by atoms with Crippen molar-refractivity contribution in [3.63, 3.8) is 0 Å². The van der Waals surface area contributed by atoms with Crippen LogP contribution >= 0.6 is 0 Å². The molecule has 0 aliphatic rings. The number of aliphatic hydroxyl groups is 1. The summed E-state index contributed by atoms with van der Waals surface area (Å²) in [6.07, 6.45) is 0. The zero-order valence-corrected chi connectivity index (χ0v) is 14.4. The minimum atomic E-state index is -3.73. The fraction of sp³-hybridized carbons (Fsp3) is 0.714. The highest BCUT2D eigenvalue weighted by molar-refractivity contribution is 7.89. The van der Waals surface area contributed by atoms with E-state index in [0.29, 0.717) is 23.6 Å². The molecule has 0 saturated carbocycles. The molecular formula is C14H26N2O4S. The van der Waals surface area contributed by atoms with Crippen molar-refractivity contribution in [3.05, 3.63) is 17.1 Å². The van der Waals surface area contributed by atoms with Crippen molar-refractivity contribution in [2.24, 2.45) is 5.92 Å². The van der Waals surface area contributed by atoms with Crippen LogP contribution in [-0.2, 0) is 16.6 Å². The Morgan fingerprint density at radius 2 is 1.81 bits per heavy atom. The topological polar surface area (TPSA) is 82.8 Å². The summed E-state index contributed by atoms with van der Waals surface area (Å²) in [5.74, 6) is 0.883. The molecule has 2 N–H and O–H groups in total. The third-order valence-electron chi connectivity index (χ3n) is 3.42. The van der Waals surface area contributed by atoms with Crippen LogP contribution in [0.4, 0.5) is 0 Å². The fourth-order valence-corrected chi connectivity index (χ4v) is 4.10. The molecule has 1 heterocycles. The molecule has 1 unspecified atom stereocenters. The second kappa shape index (κ2) is 6.91. The predicted molar refractivity (Wildman–Crippen MR) is 81.6 cm³/mol. The number of hydrogen-bond donors (Lipinski definition) is 2.